The molecule has 2 rings (SSSR count). The minimum atomic E-state index is -0.455. The molecule has 1 aromatic carbocycles. The van der Waals surface area contributed by atoms with E-state index in [-0.39, 0.29) is 5.41 Å². The van der Waals surface area contributed by atoms with Crippen LogP contribution in [0.4, 0.5) is 11.4 Å². The van der Waals surface area contributed by atoms with E-state index < -0.39 is 7.12 Å². The summed E-state index contributed by atoms with van der Waals surface area (Å²) < 4.78 is 11.2. The first-order chi connectivity index (χ1) is 8.02. The third-order valence-corrected chi connectivity index (χ3v) is 2.68. The average Bonchev–Trinajstić information content (AvgIpc) is 2.29. The monoisotopic (exact) mass is 234 g/mol. The fourth-order valence-corrected chi connectivity index (χ4v) is 1.71. The van der Waals surface area contributed by atoms with Gasteiger partial charge in [0.2, 0.25) is 0 Å². The van der Waals surface area contributed by atoms with Crippen molar-refractivity contribution < 1.29 is 9.31 Å². The number of nitrogens with zero attached hydrogens (tertiary/aromatic N) is 1. The Balaban J connectivity index is 2.16. The van der Waals surface area contributed by atoms with E-state index in [1.54, 1.807) is 12.1 Å². The summed E-state index contributed by atoms with van der Waals surface area (Å²) in [5.74, 6) is 0. The van der Waals surface area contributed by atoms with E-state index in [0.29, 0.717) is 24.6 Å². The van der Waals surface area contributed by atoms with Gasteiger partial charge in [-0.05, 0) is 17.3 Å². The first-order valence-electron chi connectivity index (χ1n) is 5.48. The Morgan fingerprint density at radius 3 is 2.53 bits per heavy atom. The van der Waals surface area contributed by atoms with Crippen LogP contribution < -0.4 is 11.2 Å². The van der Waals surface area contributed by atoms with Crippen LogP contribution in [0.25, 0.3) is 0 Å². The van der Waals surface area contributed by atoms with Crippen LogP contribution in [-0.2, 0) is 9.31 Å². The van der Waals surface area contributed by atoms with Crippen LogP contribution in [0.2, 0.25) is 0 Å². The van der Waals surface area contributed by atoms with Gasteiger partial charge < -0.3 is 15.0 Å². The summed E-state index contributed by atoms with van der Waals surface area (Å²) in [5, 5.41) is 2.83. The molecule has 6 heteroatoms. The fraction of sp³-hybridized carbons (Fsp3) is 0.455. The largest absolute Gasteiger partial charge is 0.496 e. The van der Waals surface area contributed by atoms with Gasteiger partial charge in [-0.25, -0.2) is 0 Å². The lowest BCUT2D eigenvalue weighted by molar-refractivity contribution is 0.0344. The molecule has 90 valence electrons. The molecular weight excluding hydrogens is 219 g/mol. The van der Waals surface area contributed by atoms with E-state index in [2.05, 4.69) is 19.0 Å². The van der Waals surface area contributed by atoms with Gasteiger partial charge in [0.25, 0.3) is 0 Å². The molecule has 0 bridgehead atoms. The Bertz CT molecular complexity index is 427. The highest BCUT2D eigenvalue weighted by Gasteiger charge is 2.34. The van der Waals surface area contributed by atoms with Crippen molar-refractivity contribution in [3.05, 3.63) is 23.1 Å². The summed E-state index contributed by atoms with van der Waals surface area (Å²) in [7, 11) is -0.455. The maximum absolute atomic E-state index is 10.4. The summed E-state index contributed by atoms with van der Waals surface area (Å²) in [6.07, 6.45) is 0. The molecule has 0 aromatic heterocycles. The molecular formula is C11H15BN2O3. The lowest BCUT2D eigenvalue weighted by atomic mass is 9.75. The second-order valence-electron chi connectivity index (χ2n) is 5.02. The molecule has 17 heavy (non-hydrogen) atoms. The Hall–Kier alpha value is -1.40. The summed E-state index contributed by atoms with van der Waals surface area (Å²) in [6, 6.07) is 4.84. The summed E-state index contributed by atoms with van der Waals surface area (Å²) in [6.45, 7) is 5.38. The highest BCUT2D eigenvalue weighted by atomic mass is 16.6. The molecule has 1 aliphatic heterocycles. The lowest BCUT2D eigenvalue weighted by Crippen LogP contribution is -2.48. The number of nitrogen functional groups attached to an aromatic ring is 1. The Labute approximate surface area is 100 Å². The van der Waals surface area contributed by atoms with Gasteiger partial charge in [-0.3, -0.25) is 0 Å². The summed E-state index contributed by atoms with van der Waals surface area (Å²) in [5.41, 5.74) is 7.38. The fourth-order valence-electron chi connectivity index (χ4n) is 1.71. The number of hydrogen-bond donors (Lipinski definition) is 1. The molecule has 1 aliphatic rings. The molecule has 5 nitrogen and oxygen atoms in total. The van der Waals surface area contributed by atoms with Crippen molar-refractivity contribution in [2.75, 3.05) is 18.9 Å². The Morgan fingerprint density at radius 1 is 1.35 bits per heavy atom. The molecule has 1 fully saturated rings. The van der Waals surface area contributed by atoms with Crippen molar-refractivity contribution in [3.8, 4) is 0 Å². The second-order valence-corrected chi connectivity index (χ2v) is 5.02. The summed E-state index contributed by atoms with van der Waals surface area (Å²) in [4.78, 5) is 10.4. The molecule has 0 amide bonds. The molecule has 0 aliphatic carbocycles. The van der Waals surface area contributed by atoms with Crippen molar-refractivity contribution in [1.82, 2.24) is 0 Å². The van der Waals surface area contributed by atoms with Gasteiger partial charge in [0.15, 0.2) is 0 Å². The Kier molecular flexibility index (Phi) is 3.17. The predicted molar refractivity (Wildman–Crippen MR) is 67.4 cm³/mol. The van der Waals surface area contributed by atoms with Gasteiger partial charge in [0.1, 0.15) is 5.69 Å². The summed E-state index contributed by atoms with van der Waals surface area (Å²) >= 11 is 0. The number of rotatable bonds is 2. The molecule has 1 aromatic rings. The highest BCUT2D eigenvalue weighted by Crippen LogP contribution is 2.23. The Morgan fingerprint density at radius 2 is 2.00 bits per heavy atom. The minimum Gasteiger partial charge on any atom is -0.407 e. The van der Waals surface area contributed by atoms with Gasteiger partial charge in [-0.1, -0.05) is 19.9 Å². The second kappa shape index (κ2) is 4.47. The SMILES string of the molecule is CC1(C)COB(c2ccc(N=O)cc2N)OC1. The van der Waals surface area contributed by atoms with Gasteiger partial charge in [0, 0.05) is 29.8 Å². The van der Waals surface area contributed by atoms with Crippen LogP contribution in [-0.4, -0.2) is 20.3 Å². The predicted octanol–water partition coefficient (Wildman–Crippen LogP) is 1.43. The van der Waals surface area contributed by atoms with E-state index >= 15 is 0 Å². The molecule has 0 saturated carbocycles. The zero-order valence-corrected chi connectivity index (χ0v) is 9.97. The maximum atomic E-state index is 10.4. The first-order valence-corrected chi connectivity index (χ1v) is 5.48. The van der Waals surface area contributed by atoms with Crippen molar-refractivity contribution >= 4 is 24.0 Å². The van der Waals surface area contributed by atoms with E-state index in [1.165, 1.54) is 6.07 Å². The van der Waals surface area contributed by atoms with Gasteiger partial charge in [0.05, 0.1) is 0 Å². The van der Waals surface area contributed by atoms with Crippen molar-refractivity contribution in [1.29, 1.82) is 0 Å². The first kappa shape index (κ1) is 12.1. The topological polar surface area (TPSA) is 73.9 Å². The number of nitrogens with two attached hydrogens (primary N) is 1. The maximum Gasteiger partial charge on any atom is 0.496 e. The molecule has 2 N–H and O–H groups in total. The standard InChI is InChI=1S/C11H15BN2O3/c1-11(2)6-16-12(17-7-11)9-4-3-8(14-15)5-10(9)13/h3-5H,6-7,13H2,1-2H3. The molecule has 1 saturated heterocycles. The number of benzene rings is 1. The zero-order chi connectivity index (χ0) is 12.5. The van der Waals surface area contributed by atoms with E-state index in [0.717, 1.165) is 5.46 Å². The third-order valence-electron chi connectivity index (χ3n) is 2.68. The van der Waals surface area contributed by atoms with Crippen LogP contribution in [0.5, 0.6) is 0 Å². The number of anilines is 1. The van der Waals surface area contributed by atoms with Crippen molar-refractivity contribution in [2.24, 2.45) is 10.6 Å². The van der Waals surface area contributed by atoms with Gasteiger partial charge >= 0.3 is 7.12 Å². The quantitative estimate of drug-likeness (QED) is 0.477. The molecule has 0 spiro atoms. The third kappa shape index (κ3) is 2.65. The normalized spacial score (nSPS) is 19.1. The van der Waals surface area contributed by atoms with E-state index in [9.17, 15) is 4.91 Å². The van der Waals surface area contributed by atoms with Crippen LogP contribution in [0, 0.1) is 10.3 Å². The molecule has 0 unspecified atom stereocenters. The van der Waals surface area contributed by atoms with E-state index in [4.69, 9.17) is 15.0 Å². The van der Waals surface area contributed by atoms with Gasteiger partial charge in [-0.2, -0.15) is 0 Å². The zero-order valence-electron chi connectivity index (χ0n) is 9.97. The van der Waals surface area contributed by atoms with Crippen LogP contribution in [0.3, 0.4) is 0 Å². The number of hydrogen-bond acceptors (Lipinski definition) is 5. The van der Waals surface area contributed by atoms with Gasteiger partial charge in [-0.15, -0.1) is 4.91 Å². The minimum absolute atomic E-state index is 0.0234. The lowest BCUT2D eigenvalue weighted by Gasteiger charge is -2.33. The van der Waals surface area contributed by atoms with Crippen molar-refractivity contribution in [3.63, 3.8) is 0 Å². The van der Waals surface area contributed by atoms with Crippen LogP contribution in [0.1, 0.15) is 13.8 Å². The smallest absolute Gasteiger partial charge is 0.407 e. The molecule has 0 atom stereocenters. The number of nitroso groups, excluding NO2 is 1. The average molecular weight is 234 g/mol. The highest BCUT2D eigenvalue weighted by molar-refractivity contribution is 6.63. The van der Waals surface area contributed by atoms with Crippen LogP contribution in [0.15, 0.2) is 23.4 Å². The van der Waals surface area contributed by atoms with E-state index in [1.807, 2.05) is 0 Å². The molecule has 1 heterocycles. The van der Waals surface area contributed by atoms with Crippen molar-refractivity contribution in [2.45, 2.75) is 13.8 Å². The van der Waals surface area contributed by atoms with Crippen LogP contribution >= 0.6 is 0 Å². The molecule has 0 radical (unpaired) electrons.